The van der Waals surface area contributed by atoms with Crippen LogP contribution in [0.4, 0.5) is 0 Å². The lowest BCUT2D eigenvalue weighted by Crippen LogP contribution is -2.12. The maximum atomic E-state index is 12.9. The van der Waals surface area contributed by atoms with Crippen LogP contribution in [0.25, 0.3) is 23.0 Å². The first kappa shape index (κ1) is 22.8. The van der Waals surface area contributed by atoms with Crippen LogP contribution in [0.2, 0.25) is 0 Å². The molecule has 0 saturated heterocycles. The number of nitrogens with zero attached hydrogens (tertiary/aromatic N) is 2. The summed E-state index contributed by atoms with van der Waals surface area (Å²) in [4.78, 5) is 29.4. The van der Waals surface area contributed by atoms with Gasteiger partial charge < -0.3 is 18.5 Å². The molecule has 34 heavy (non-hydrogen) atoms. The van der Waals surface area contributed by atoms with Crippen molar-refractivity contribution in [3.63, 3.8) is 0 Å². The average Bonchev–Trinajstić information content (AvgIpc) is 3.52. The molecule has 0 radical (unpaired) electrons. The number of hydrogen-bond acceptors (Lipinski definition) is 6. The van der Waals surface area contributed by atoms with Gasteiger partial charge in [0.05, 0.1) is 19.3 Å². The summed E-state index contributed by atoms with van der Waals surface area (Å²) in [5.41, 5.74) is 2.32. The lowest BCUT2D eigenvalue weighted by molar-refractivity contribution is -0.136. The highest BCUT2D eigenvalue weighted by atomic mass is 16.5. The summed E-state index contributed by atoms with van der Waals surface area (Å²) < 4.78 is 18.0. The zero-order chi connectivity index (χ0) is 23.9. The van der Waals surface area contributed by atoms with E-state index in [9.17, 15) is 9.59 Å². The van der Waals surface area contributed by atoms with Gasteiger partial charge in [0.15, 0.2) is 0 Å². The van der Waals surface area contributed by atoms with Gasteiger partial charge in [0, 0.05) is 24.5 Å². The monoisotopic (exact) mass is 456 g/mol. The van der Waals surface area contributed by atoms with Crippen LogP contribution in [0.3, 0.4) is 0 Å². The highest BCUT2D eigenvalue weighted by molar-refractivity contribution is 6.20. The molecule has 0 saturated carbocycles. The summed E-state index contributed by atoms with van der Waals surface area (Å²) in [6.45, 7) is 2.52. The lowest BCUT2D eigenvalue weighted by atomic mass is 10.1. The normalized spacial score (nSPS) is 11.3. The van der Waals surface area contributed by atoms with E-state index in [0.717, 1.165) is 5.56 Å². The Balaban J connectivity index is 1.72. The summed E-state index contributed by atoms with van der Waals surface area (Å²) in [7, 11) is 1.33. The summed E-state index contributed by atoms with van der Waals surface area (Å²) in [5.74, 6) is 0.403. The number of hydrogen-bond donors (Lipinski definition) is 0. The molecule has 0 aliphatic heterocycles. The second-order valence-electron chi connectivity index (χ2n) is 7.38. The molecule has 2 heterocycles. The largest absolute Gasteiger partial charge is 0.465 e. The summed E-state index contributed by atoms with van der Waals surface area (Å²) in [6, 6.07) is 20.4. The molecule has 0 N–H and O–H groups in total. The summed E-state index contributed by atoms with van der Waals surface area (Å²) in [5, 5.41) is 0. The molecule has 0 aliphatic rings. The summed E-state index contributed by atoms with van der Waals surface area (Å²) in [6.07, 6.45) is 5.06. The number of methoxy groups -OCH3 is 1. The number of esters is 2. The zero-order valence-corrected chi connectivity index (χ0v) is 18.9. The van der Waals surface area contributed by atoms with Crippen molar-refractivity contribution in [3.05, 3.63) is 102 Å². The molecule has 4 rings (SSSR count). The van der Waals surface area contributed by atoms with Crippen molar-refractivity contribution in [3.8, 4) is 11.3 Å². The molecule has 7 nitrogen and oxygen atoms in total. The third-order valence-electron chi connectivity index (χ3n) is 5.16. The molecule has 0 bridgehead atoms. The maximum absolute atomic E-state index is 12.9. The van der Waals surface area contributed by atoms with Gasteiger partial charge in [-0.25, -0.2) is 14.6 Å². The van der Waals surface area contributed by atoms with E-state index < -0.39 is 11.9 Å². The average molecular weight is 456 g/mol. The highest BCUT2D eigenvalue weighted by Gasteiger charge is 2.21. The van der Waals surface area contributed by atoms with E-state index in [1.807, 2.05) is 47.2 Å². The molecule has 0 fully saturated rings. The van der Waals surface area contributed by atoms with Crippen molar-refractivity contribution in [2.45, 2.75) is 13.5 Å². The molecule has 2 aromatic carbocycles. The first-order valence-corrected chi connectivity index (χ1v) is 10.8. The van der Waals surface area contributed by atoms with Gasteiger partial charge in [0.1, 0.15) is 22.9 Å². The van der Waals surface area contributed by atoms with Crippen LogP contribution >= 0.6 is 0 Å². The van der Waals surface area contributed by atoms with Gasteiger partial charge in [-0.1, -0.05) is 48.5 Å². The predicted molar refractivity (Wildman–Crippen MR) is 128 cm³/mol. The number of carbonyl (C=O) groups is 2. The minimum absolute atomic E-state index is 0.228. The van der Waals surface area contributed by atoms with Crippen LogP contribution in [0.1, 0.15) is 34.4 Å². The molecule has 0 atom stereocenters. The Morgan fingerprint density at radius 3 is 2.56 bits per heavy atom. The minimum atomic E-state index is -0.504. The van der Waals surface area contributed by atoms with Gasteiger partial charge in [0.2, 0.25) is 0 Å². The van der Waals surface area contributed by atoms with Crippen molar-refractivity contribution in [1.82, 2.24) is 9.55 Å². The minimum Gasteiger partial charge on any atom is -0.465 e. The number of imidazole rings is 1. The molecule has 172 valence electrons. The van der Waals surface area contributed by atoms with Crippen LogP contribution in [-0.2, 0) is 20.8 Å². The number of benzene rings is 2. The summed E-state index contributed by atoms with van der Waals surface area (Å²) >= 11 is 0. The zero-order valence-electron chi connectivity index (χ0n) is 18.9. The standard InChI is InChI=1S/C27H24N2O5/c1-3-33-27(31)23(25-28-15-16-29(25)18-19-9-5-4-6-10-19)17-20-13-14-24(34-20)21-11-7-8-12-22(21)26(30)32-2/h4-17H,3,18H2,1-2H3/b23-17+. The fraction of sp³-hybridized carbons (Fsp3) is 0.148. The van der Waals surface area contributed by atoms with Crippen molar-refractivity contribution in [2.75, 3.05) is 13.7 Å². The van der Waals surface area contributed by atoms with E-state index in [1.54, 1.807) is 49.5 Å². The molecular formula is C27H24N2O5. The van der Waals surface area contributed by atoms with E-state index in [1.165, 1.54) is 7.11 Å². The lowest BCUT2D eigenvalue weighted by Gasteiger charge is -2.10. The van der Waals surface area contributed by atoms with Crippen molar-refractivity contribution in [2.24, 2.45) is 0 Å². The van der Waals surface area contributed by atoms with Gasteiger partial charge >= 0.3 is 11.9 Å². The third-order valence-corrected chi connectivity index (χ3v) is 5.16. The topological polar surface area (TPSA) is 83.6 Å². The number of aromatic nitrogens is 2. The van der Waals surface area contributed by atoms with Crippen LogP contribution in [0.5, 0.6) is 0 Å². The maximum Gasteiger partial charge on any atom is 0.342 e. The smallest absolute Gasteiger partial charge is 0.342 e. The second kappa shape index (κ2) is 10.5. The first-order valence-electron chi connectivity index (χ1n) is 10.8. The van der Waals surface area contributed by atoms with Gasteiger partial charge in [-0.05, 0) is 36.8 Å². The second-order valence-corrected chi connectivity index (χ2v) is 7.38. The van der Waals surface area contributed by atoms with Crippen LogP contribution in [-0.4, -0.2) is 35.2 Å². The molecule has 0 spiro atoms. The van der Waals surface area contributed by atoms with E-state index >= 15 is 0 Å². The molecule has 0 amide bonds. The van der Waals surface area contributed by atoms with Gasteiger partial charge in [0.25, 0.3) is 0 Å². The van der Waals surface area contributed by atoms with Crippen LogP contribution in [0, 0.1) is 0 Å². The number of rotatable bonds is 8. The Bertz CT molecular complexity index is 1320. The van der Waals surface area contributed by atoms with E-state index in [4.69, 9.17) is 13.9 Å². The van der Waals surface area contributed by atoms with Crippen molar-refractivity contribution in [1.29, 1.82) is 0 Å². The fourth-order valence-corrected chi connectivity index (χ4v) is 3.59. The van der Waals surface area contributed by atoms with Crippen molar-refractivity contribution < 1.29 is 23.5 Å². The van der Waals surface area contributed by atoms with E-state index in [0.29, 0.717) is 35.0 Å². The fourth-order valence-electron chi connectivity index (χ4n) is 3.59. The quantitative estimate of drug-likeness (QED) is 0.272. The number of ether oxygens (including phenoxy) is 2. The van der Waals surface area contributed by atoms with E-state index in [2.05, 4.69) is 4.98 Å². The Kier molecular flexibility index (Phi) is 7.03. The van der Waals surface area contributed by atoms with Gasteiger partial charge in [-0.3, -0.25) is 0 Å². The van der Waals surface area contributed by atoms with Crippen LogP contribution < -0.4 is 0 Å². The Morgan fingerprint density at radius 2 is 1.79 bits per heavy atom. The Hall–Kier alpha value is -4.39. The number of carbonyl (C=O) groups excluding carboxylic acids is 2. The Labute approximate surface area is 197 Å². The molecule has 7 heteroatoms. The SMILES string of the molecule is CCOC(=O)/C(=C/c1ccc(-c2ccccc2C(=O)OC)o1)c1nccn1Cc1ccccc1. The molecule has 4 aromatic rings. The first-order chi connectivity index (χ1) is 16.6. The molecule has 0 unspecified atom stereocenters. The molecular weight excluding hydrogens is 432 g/mol. The predicted octanol–water partition coefficient (Wildman–Crippen LogP) is 5.08. The van der Waals surface area contributed by atoms with E-state index in [-0.39, 0.29) is 12.2 Å². The third kappa shape index (κ3) is 4.99. The van der Waals surface area contributed by atoms with Gasteiger partial charge in [-0.15, -0.1) is 0 Å². The highest BCUT2D eigenvalue weighted by Crippen LogP contribution is 2.28. The Morgan fingerprint density at radius 1 is 1.03 bits per heavy atom. The number of furan rings is 1. The van der Waals surface area contributed by atoms with Crippen molar-refractivity contribution >= 4 is 23.6 Å². The van der Waals surface area contributed by atoms with Crippen LogP contribution in [0.15, 0.2) is 83.5 Å². The molecule has 0 aliphatic carbocycles. The van der Waals surface area contributed by atoms with Gasteiger partial charge in [-0.2, -0.15) is 0 Å². The molecule has 2 aromatic heterocycles.